The fraction of sp³-hybridized carbons (Fsp3) is 0.550. The van der Waals surface area contributed by atoms with Crippen LogP contribution >= 0.6 is 24.0 Å². The van der Waals surface area contributed by atoms with Crippen LogP contribution in [0, 0.1) is 6.92 Å². The molecule has 1 atom stereocenters. The minimum atomic E-state index is 0. The molecule has 0 amide bonds. The Balaban J connectivity index is 0.00000261. The average molecular weight is 482 g/mol. The Morgan fingerprint density at radius 2 is 1.96 bits per heavy atom. The highest BCUT2D eigenvalue weighted by atomic mass is 127. The number of benzene rings is 1. The molecule has 148 valence electrons. The van der Waals surface area contributed by atoms with E-state index in [0.717, 1.165) is 43.5 Å². The first-order valence-corrected chi connectivity index (χ1v) is 9.32. The summed E-state index contributed by atoms with van der Waals surface area (Å²) in [6.45, 7) is 10.2. The second-order valence-corrected chi connectivity index (χ2v) is 8.01. The maximum atomic E-state index is 4.46. The molecule has 0 saturated heterocycles. The van der Waals surface area contributed by atoms with Gasteiger partial charge in [0.1, 0.15) is 11.6 Å². The van der Waals surface area contributed by atoms with E-state index in [-0.39, 0.29) is 29.4 Å². The standard InChI is InChI=1S/C20H30N6.HI/c1-14-23-18-11-10-17(13-26(18)25-14)24-19(21-5)22-12-15-6-8-16(9-7-15)20(2,3)4;/h6-9,17H,10-13H2,1-5H3,(H2,21,22,24);1H. The molecule has 1 unspecified atom stereocenters. The Morgan fingerprint density at radius 1 is 1.26 bits per heavy atom. The Kier molecular flexibility index (Phi) is 7.25. The molecule has 1 aliphatic heterocycles. The molecule has 1 aromatic carbocycles. The number of nitrogens with one attached hydrogen (secondary N) is 2. The van der Waals surface area contributed by atoms with Crippen LogP contribution in [0.1, 0.15) is 50.0 Å². The smallest absolute Gasteiger partial charge is 0.191 e. The monoisotopic (exact) mass is 482 g/mol. The van der Waals surface area contributed by atoms with Crippen molar-refractivity contribution in [1.82, 2.24) is 25.4 Å². The molecule has 0 aliphatic carbocycles. The molecule has 0 spiro atoms. The third kappa shape index (κ3) is 5.67. The molecule has 2 aromatic rings. The number of hydrogen-bond acceptors (Lipinski definition) is 3. The van der Waals surface area contributed by atoms with Gasteiger partial charge >= 0.3 is 0 Å². The zero-order valence-electron chi connectivity index (χ0n) is 16.9. The second-order valence-electron chi connectivity index (χ2n) is 8.01. The summed E-state index contributed by atoms with van der Waals surface area (Å²) in [7, 11) is 1.81. The van der Waals surface area contributed by atoms with Crippen molar-refractivity contribution in [2.75, 3.05) is 7.05 Å². The summed E-state index contributed by atoms with van der Waals surface area (Å²) in [5.74, 6) is 2.76. The third-order valence-corrected chi connectivity index (χ3v) is 4.81. The molecule has 1 aromatic heterocycles. The first-order valence-electron chi connectivity index (χ1n) is 9.32. The Hall–Kier alpha value is -1.64. The second kappa shape index (κ2) is 9.03. The van der Waals surface area contributed by atoms with Gasteiger partial charge in [-0.25, -0.2) is 9.67 Å². The predicted octanol–water partition coefficient (Wildman–Crippen LogP) is 3.18. The Morgan fingerprint density at radius 3 is 2.59 bits per heavy atom. The first-order chi connectivity index (χ1) is 12.3. The van der Waals surface area contributed by atoms with Crippen LogP contribution in [-0.4, -0.2) is 33.8 Å². The van der Waals surface area contributed by atoms with E-state index in [9.17, 15) is 0 Å². The minimum Gasteiger partial charge on any atom is -0.352 e. The lowest BCUT2D eigenvalue weighted by atomic mass is 9.87. The van der Waals surface area contributed by atoms with Crippen LogP contribution in [0.15, 0.2) is 29.3 Å². The van der Waals surface area contributed by atoms with E-state index >= 15 is 0 Å². The zero-order valence-corrected chi connectivity index (χ0v) is 19.2. The molecule has 2 N–H and O–H groups in total. The zero-order chi connectivity index (χ0) is 18.7. The quantitative estimate of drug-likeness (QED) is 0.401. The fourth-order valence-corrected chi connectivity index (χ4v) is 3.25. The highest BCUT2D eigenvalue weighted by Crippen LogP contribution is 2.22. The molecule has 7 heteroatoms. The molecule has 0 radical (unpaired) electrons. The van der Waals surface area contributed by atoms with Crippen molar-refractivity contribution < 1.29 is 0 Å². The molecule has 3 rings (SSSR count). The number of aliphatic imine (C=N–C) groups is 1. The summed E-state index contributed by atoms with van der Waals surface area (Å²) in [6.07, 6.45) is 1.99. The molecule has 27 heavy (non-hydrogen) atoms. The number of nitrogens with zero attached hydrogens (tertiary/aromatic N) is 4. The largest absolute Gasteiger partial charge is 0.352 e. The molecule has 1 aliphatic rings. The van der Waals surface area contributed by atoms with Gasteiger partial charge in [0, 0.05) is 26.1 Å². The van der Waals surface area contributed by atoms with Gasteiger partial charge in [0.05, 0.1) is 6.54 Å². The highest BCUT2D eigenvalue weighted by Gasteiger charge is 2.21. The van der Waals surface area contributed by atoms with Gasteiger partial charge in [0.15, 0.2) is 5.96 Å². The normalized spacial score (nSPS) is 17.1. The predicted molar refractivity (Wildman–Crippen MR) is 121 cm³/mol. The van der Waals surface area contributed by atoms with Gasteiger partial charge in [0.25, 0.3) is 0 Å². The van der Waals surface area contributed by atoms with Crippen molar-refractivity contribution in [1.29, 1.82) is 0 Å². The first kappa shape index (κ1) is 21.7. The Bertz CT molecular complexity index is 773. The van der Waals surface area contributed by atoms with Gasteiger partial charge < -0.3 is 10.6 Å². The maximum absolute atomic E-state index is 4.46. The average Bonchev–Trinajstić information content (AvgIpc) is 2.97. The minimum absolute atomic E-state index is 0. The van der Waals surface area contributed by atoms with E-state index in [1.165, 1.54) is 11.1 Å². The number of hydrogen-bond donors (Lipinski definition) is 2. The highest BCUT2D eigenvalue weighted by molar-refractivity contribution is 14.0. The van der Waals surface area contributed by atoms with Crippen LogP contribution in [0.2, 0.25) is 0 Å². The maximum Gasteiger partial charge on any atom is 0.191 e. The number of aromatic nitrogens is 3. The molecule has 6 nitrogen and oxygen atoms in total. The van der Waals surface area contributed by atoms with Gasteiger partial charge in [-0.1, -0.05) is 45.0 Å². The van der Waals surface area contributed by atoms with Crippen molar-refractivity contribution in [2.45, 2.75) is 65.1 Å². The number of rotatable bonds is 3. The van der Waals surface area contributed by atoms with E-state index < -0.39 is 0 Å². The SMILES string of the molecule is CN=C(NCc1ccc(C(C)(C)C)cc1)NC1CCc2nc(C)nn2C1.I. The molecule has 0 fully saturated rings. The van der Waals surface area contributed by atoms with Gasteiger partial charge in [-0.05, 0) is 29.9 Å². The lowest BCUT2D eigenvalue weighted by molar-refractivity contribution is 0.392. The molecular formula is C20H31IN6. The van der Waals surface area contributed by atoms with Crippen LogP contribution in [0.25, 0.3) is 0 Å². The van der Waals surface area contributed by atoms with Crippen molar-refractivity contribution in [2.24, 2.45) is 4.99 Å². The van der Waals surface area contributed by atoms with Crippen molar-refractivity contribution in [3.8, 4) is 0 Å². The molecule has 0 saturated carbocycles. The third-order valence-electron chi connectivity index (χ3n) is 4.81. The summed E-state index contributed by atoms with van der Waals surface area (Å²) in [5, 5.41) is 11.4. The summed E-state index contributed by atoms with van der Waals surface area (Å²) in [4.78, 5) is 8.83. The summed E-state index contributed by atoms with van der Waals surface area (Å²) >= 11 is 0. The van der Waals surface area contributed by atoms with Crippen LogP contribution in [0.4, 0.5) is 0 Å². The fourth-order valence-electron chi connectivity index (χ4n) is 3.25. The van der Waals surface area contributed by atoms with Gasteiger partial charge in [0.2, 0.25) is 0 Å². The van der Waals surface area contributed by atoms with Gasteiger partial charge in [-0.15, -0.1) is 24.0 Å². The van der Waals surface area contributed by atoms with Crippen molar-refractivity contribution in [3.63, 3.8) is 0 Å². The number of aryl methyl sites for hydroxylation is 2. The van der Waals surface area contributed by atoms with Gasteiger partial charge in [-0.3, -0.25) is 4.99 Å². The summed E-state index contributed by atoms with van der Waals surface area (Å²) < 4.78 is 2.01. The number of halogens is 1. The molecule has 2 heterocycles. The summed E-state index contributed by atoms with van der Waals surface area (Å²) in [6, 6.07) is 9.11. The van der Waals surface area contributed by atoms with E-state index in [1.54, 1.807) is 0 Å². The van der Waals surface area contributed by atoms with E-state index in [4.69, 9.17) is 0 Å². The van der Waals surface area contributed by atoms with E-state index in [0.29, 0.717) is 6.04 Å². The molecule has 0 bridgehead atoms. The van der Waals surface area contributed by atoms with Crippen LogP contribution in [0.5, 0.6) is 0 Å². The van der Waals surface area contributed by atoms with E-state index in [1.807, 2.05) is 18.7 Å². The van der Waals surface area contributed by atoms with Crippen LogP contribution < -0.4 is 10.6 Å². The summed E-state index contributed by atoms with van der Waals surface area (Å²) in [5.41, 5.74) is 2.78. The van der Waals surface area contributed by atoms with Gasteiger partial charge in [-0.2, -0.15) is 5.10 Å². The van der Waals surface area contributed by atoms with Crippen molar-refractivity contribution in [3.05, 3.63) is 47.0 Å². The lowest BCUT2D eigenvalue weighted by Crippen LogP contribution is -2.46. The lowest BCUT2D eigenvalue weighted by Gasteiger charge is -2.25. The van der Waals surface area contributed by atoms with Crippen molar-refractivity contribution >= 4 is 29.9 Å². The van der Waals surface area contributed by atoms with Crippen LogP contribution in [0.3, 0.4) is 0 Å². The van der Waals surface area contributed by atoms with E-state index in [2.05, 4.69) is 70.7 Å². The molecular weight excluding hydrogens is 451 g/mol. The number of fused-ring (bicyclic) bond motifs is 1. The van der Waals surface area contributed by atoms with Crippen LogP contribution in [-0.2, 0) is 24.9 Å². The number of guanidine groups is 1. The Labute approximate surface area is 179 Å². The topological polar surface area (TPSA) is 67.1 Å².